The van der Waals surface area contributed by atoms with Gasteiger partial charge in [0.25, 0.3) is 0 Å². The maximum absolute atomic E-state index is 13.7. The Labute approximate surface area is 208 Å². The first-order valence-corrected chi connectivity index (χ1v) is 12.5. The largest absolute Gasteiger partial charge is 0.455 e. The molecule has 1 aliphatic heterocycles. The molecule has 3 aromatic heterocycles. The van der Waals surface area contributed by atoms with Crippen molar-refractivity contribution in [3.05, 3.63) is 54.5 Å². The highest BCUT2D eigenvalue weighted by Gasteiger charge is 2.59. The summed E-state index contributed by atoms with van der Waals surface area (Å²) in [6, 6.07) is 7.47. The maximum Gasteiger partial charge on any atom is 0.455 e. The van der Waals surface area contributed by atoms with Crippen LogP contribution in [-0.2, 0) is 21.1 Å². The minimum Gasteiger partial charge on any atom is -0.437 e. The monoisotopic (exact) mass is 542 g/mol. The molecule has 0 saturated carbocycles. The van der Waals surface area contributed by atoms with Crippen LogP contribution in [0.5, 0.6) is 11.6 Å². The van der Waals surface area contributed by atoms with Gasteiger partial charge >= 0.3 is 12.1 Å². The minimum atomic E-state index is -5.84. The molecule has 0 radical (unpaired) electrons. The van der Waals surface area contributed by atoms with Gasteiger partial charge in [0.2, 0.25) is 11.8 Å². The van der Waals surface area contributed by atoms with Crippen LogP contribution in [0.1, 0.15) is 18.9 Å². The first-order valence-electron chi connectivity index (χ1n) is 10.9. The summed E-state index contributed by atoms with van der Waals surface area (Å²) in [5.74, 6) is -6.05. The first kappa shape index (κ1) is 26.4. The molecule has 8 nitrogen and oxygen atoms in total. The van der Waals surface area contributed by atoms with Crippen LogP contribution in [0.3, 0.4) is 0 Å². The number of rotatable bonds is 7. The predicted molar refractivity (Wildman–Crippen MR) is 121 cm³/mol. The van der Waals surface area contributed by atoms with E-state index in [9.17, 15) is 35.2 Å². The third-order valence-electron chi connectivity index (χ3n) is 5.58. The van der Waals surface area contributed by atoms with Crippen molar-refractivity contribution >= 4 is 21.4 Å². The van der Waals surface area contributed by atoms with Crippen molar-refractivity contribution in [3.63, 3.8) is 0 Å². The summed E-state index contributed by atoms with van der Waals surface area (Å²) in [6.07, 6.45) is -2.42. The van der Waals surface area contributed by atoms with Crippen LogP contribution in [0.2, 0.25) is 0 Å². The topological polar surface area (TPSA) is 102 Å². The minimum absolute atomic E-state index is 0.0343. The van der Waals surface area contributed by atoms with Gasteiger partial charge in [0.05, 0.1) is 41.0 Å². The van der Waals surface area contributed by atoms with Crippen molar-refractivity contribution in [2.75, 3.05) is 17.2 Å². The number of aryl methyl sites for hydroxylation is 1. The smallest absolute Gasteiger partial charge is 0.437 e. The van der Waals surface area contributed by atoms with Crippen LogP contribution >= 0.6 is 0 Å². The number of anilines is 1. The van der Waals surface area contributed by atoms with E-state index in [0.717, 1.165) is 6.20 Å². The molecule has 1 aliphatic rings. The Kier molecular flexibility index (Phi) is 6.88. The number of halogens is 5. The third kappa shape index (κ3) is 5.38. The molecule has 0 unspecified atom stereocenters. The standard InChI is InChI=1S/C23H19F5N4O4S/c1-2-37(34,35)18-10-15(36-19-5-3-4-8-29-19)11-31-21(18)16-9-14-6-7-20(33)32(17(14)12-30-16)13-22(24,25)23(26,27)28/h3-5,8-12H,2,6-7,13H2,1H3. The van der Waals surface area contributed by atoms with E-state index in [1.807, 2.05) is 0 Å². The van der Waals surface area contributed by atoms with Crippen molar-refractivity contribution in [1.29, 1.82) is 0 Å². The van der Waals surface area contributed by atoms with Gasteiger partial charge in [-0.15, -0.1) is 0 Å². The zero-order chi connectivity index (χ0) is 27.0. The van der Waals surface area contributed by atoms with Gasteiger partial charge in [-0.3, -0.25) is 9.78 Å². The number of pyridine rings is 3. The highest BCUT2D eigenvalue weighted by atomic mass is 32.2. The summed E-state index contributed by atoms with van der Waals surface area (Å²) >= 11 is 0. The number of ether oxygens (including phenoxy) is 1. The molecule has 4 rings (SSSR count). The van der Waals surface area contributed by atoms with Crippen LogP contribution in [0.25, 0.3) is 11.4 Å². The van der Waals surface area contributed by atoms with Crippen LogP contribution in [0, 0.1) is 0 Å². The van der Waals surface area contributed by atoms with E-state index in [1.165, 1.54) is 31.5 Å². The van der Waals surface area contributed by atoms with Gasteiger partial charge in [0, 0.05) is 24.8 Å². The lowest BCUT2D eigenvalue weighted by molar-refractivity contribution is -0.276. The van der Waals surface area contributed by atoms with E-state index >= 15 is 0 Å². The number of carbonyl (C=O) groups excluding carboxylic acids is 1. The lowest BCUT2D eigenvalue weighted by atomic mass is 10.0. The van der Waals surface area contributed by atoms with E-state index in [2.05, 4.69) is 15.0 Å². The predicted octanol–water partition coefficient (Wildman–Crippen LogP) is 4.60. The second kappa shape index (κ2) is 9.65. The number of alkyl halides is 5. The van der Waals surface area contributed by atoms with Gasteiger partial charge in [0.1, 0.15) is 11.4 Å². The quantitative estimate of drug-likeness (QED) is 0.402. The Hall–Kier alpha value is -3.68. The van der Waals surface area contributed by atoms with Gasteiger partial charge in [-0.1, -0.05) is 13.0 Å². The molecule has 196 valence electrons. The molecule has 3 aromatic rings. The van der Waals surface area contributed by atoms with Crippen molar-refractivity contribution in [2.24, 2.45) is 0 Å². The molecule has 14 heteroatoms. The second-order valence-electron chi connectivity index (χ2n) is 8.07. The fraction of sp³-hybridized carbons (Fsp3) is 0.304. The number of nitrogens with zero attached hydrogens (tertiary/aromatic N) is 4. The number of hydrogen-bond donors (Lipinski definition) is 0. The van der Waals surface area contributed by atoms with Crippen molar-refractivity contribution in [3.8, 4) is 23.0 Å². The molecule has 0 aromatic carbocycles. The molecule has 37 heavy (non-hydrogen) atoms. The lowest BCUT2D eigenvalue weighted by Gasteiger charge is -2.32. The van der Waals surface area contributed by atoms with Crippen LogP contribution in [0.15, 0.2) is 53.8 Å². The van der Waals surface area contributed by atoms with Crippen LogP contribution in [-0.4, -0.2) is 53.7 Å². The molecule has 0 atom stereocenters. The highest BCUT2D eigenvalue weighted by molar-refractivity contribution is 7.91. The summed E-state index contributed by atoms with van der Waals surface area (Å²) in [7, 11) is -3.86. The number of sulfone groups is 1. The summed E-state index contributed by atoms with van der Waals surface area (Å²) in [5.41, 5.74) is 0.00564. The van der Waals surface area contributed by atoms with Crippen molar-refractivity contribution in [2.45, 2.75) is 36.8 Å². The first-order chi connectivity index (χ1) is 17.3. The fourth-order valence-corrected chi connectivity index (χ4v) is 4.69. The van der Waals surface area contributed by atoms with Gasteiger partial charge < -0.3 is 9.64 Å². The van der Waals surface area contributed by atoms with E-state index in [0.29, 0.717) is 4.90 Å². The second-order valence-corrected chi connectivity index (χ2v) is 10.3. The van der Waals surface area contributed by atoms with Crippen LogP contribution < -0.4 is 9.64 Å². The average Bonchev–Trinajstić information content (AvgIpc) is 2.85. The van der Waals surface area contributed by atoms with Gasteiger partial charge in [-0.25, -0.2) is 18.4 Å². The van der Waals surface area contributed by atoms with E-state index < -0.39 is 34.4 Å². The zero-order valence-electron chi connectivity index (χ0n) is 19.2. The van der Waals surface area contributed by atoms with E-state index in [1.54, 1.807) is 18.2 Å². The normalized spacial score (nSPS) is 14.4. The summed E-state index contributed by atoms with van der Waals surface area (Å²) in [5, 5.41) is 0. The summed E-state index contributed by atoms with van der Waals surface area (Å²) < 4.78 is 97.0. The number of aromatic nitrogens is 3. The highest BCUT2D eigenvalue weighted by Crippen LogP contribution is 2.39. The number of amides is 1. The van der Waals surface area contributed by atoms with E-state index in [-0.39, 0.29) is 57.8 Å². The zero-order valence-corrected chi connectivity index (χ0v) is 20.0. The molecule has 0 N–H and O–H groups in total. The molecule has 0 bridgehead atoms. The van der Waals surface area contributed by atoms with Gasteiger partial charge in [0.15, 0.2) is 9.84 Å². The maximum atomic E-state index is 13.7. The Bertz CT molecular complexity index is 1430. The third-order valence-corrected chi connectivity index (χ3v) is 7.32. The fourth-order valence-electron chi connectivity index (χ4n) is 3.63. The van der Waals surface area contributed by atoms with Crippen molar-refractivity contribution in [1.82, 2.24) is 15.0 Å². The van der Waals surface area contributed by atoms with Crippen molar-refractivity contribution < 1.29 is 39.9 Å². The summed E-state index contributed by atoms with van der Waals surface area (Å²) in [4.78, 5) is 24.6. The Balaban J connectivity index is 1.74. The molecule has 0 saturated heterocycles. The summed E-state index contributed by atoms with van der Waals surface area (Å²) in [6.45, 7) is -0.466. The van der Waals surface area contributed by atoms with Crippen LogP contribution in [0.4, 0.5) is 27.6 Å². The average molecular weight is 542 g/mol. The Morgan fingerprint density at radius 3 is 2.43 bits per heavy atom. The molecular formula is C23H19F5N4O4S. The number of carbonyl (C=O) groups is 1. The SMILES string of the molecule is CCS(=O)(=O)c1cc(Oc2ccccn2)cnc1-c1cc2c(cn1)N(CC(F)(F)C(F)(F)F)C(=O)CC2. The molecule has 0 aliphatic carbocycles. The molecule has 4 heterocycles. The van der Waals surface area contributed by atoms with Gasteiger partial charge in [-0.05, 0) is 24.1 Å². The Morgan fingerprint density at radius 2 is 1.78 bits per heavy atom. The van der Waals surface area contributed by atoms with Gasteiger partial charge in [-0.2, -0.15) is 22.0 Å². The Morgan fingerprint density at radius 1 is 1.03 bits per heavy atom. The number of fused-ring (bicyclic) bond motifs is 1. The molecule has 1 amide bonds. The molecular weight excluding hydrogens is 523 g/mol. The lowest BCUT2D eigenvalue weighted by Crippen LogP contribution is -2.50. The van der Waals surface area contributed by atoms with E-state index in [4.69, 9.17) is 4.74 Å². The molecule has 0 spiro atoms. The molecule has 0 fully saturated rings. The number of hydrogen-bond acceptors (Lipinski definition) is 7.